The van der Waals surface area contributed by atoms with Crippen LogP contribution in [-0.2, 0) is 4.79 Å². The second-order valence-corrected chi connectivity index (χ2v) is 8.40. The topological polar surface area (TPSA) is 72.2 Å². The molecule has 1 aliphatic carbocycles. The normalized spacial score (nSPS) is 14.4. The standard InChI is InChI=1S/C26H34N2O2/c27-23-16-10-11-17-24(23)28-26(30)19-7-2-1-6-18-25(29)22-15-9-8-14-21(22)20-12-4-3-5-13-20/h8-11,14-17,20H,1-7,12-13,18-19,27H2,(H,28,30). The number of anilines is 2. The van der Waals surface area contributed by atoms with Crippen LogP contribution in [0.4, 0.5) is 11.4 Å². The van der Waals surface area contributed by atoms with Gasteiger partial charge in [0.15, 0.2) is 5.78 Å². The van der Waals surface area contributed by atoms with Crippen molar-refractivity contribution in [1.82, 2.24) is 0 Å². The van der Waals surface area contributed by atoms with Crippen molar-refractivity contribution in [3.63, 3.8) is 0 Å². The number of rotatable bonds is 10. The van der Waals surface area contributed by atoms with Gasteiger partial charge >= 0.3 is 0 Å². The van der Waals surface area contributed by atoms with Crippen molar-refractivity contribution in [2.75, 3.05) is 11.1 Å². The average Bonchev–Trinajstić information content (AvgIpc) is 2.78. The van der Waals surface area contributed by atoms with Gasteiger partial charge in [-0.3, -0.25) is 9.59 Å². The predicted octanol–water partition coefficient (Wildman–Crippen LogP) is 6.48. The zero-order valence-corrected chi connectivity index (χ0v) is 17.9. The number of hydrogen-bond acceptors (Lipinski definition) is 3. The maximum atomic E-state index is 12.8. The van der Waals surface area contributed by atoms with E-state index in [9.17, 15) is 9.59 Å². The number of Topliss-reactive ketones (excluding diaryl/α,β-unsaturated/α-hetero) is 1. The van der Waals surface area contributed by atoms with E-state index in [-0.39, 0.29) is 11.7 Å². The van der Waals surface area contributed by atoms with Gasteiger partial charge in [0.2, 0.25) is 5.91 Å². The third-order valence-electron chi connectivity index (χ3n) is 6.10. The molecule has 160 valence electrons. The number of ketones is 1. The minimum Gasteiger partial charge on any atom is -0.397 e. The van der Waals surface area contributed by atoms with E-state index in [0.717, 1.165) is 31.2 Å². The van der Waals surface area contributed by atoms with Crippen molar-refractivity contribution < 1.29 is 9.59 Å². The zero-order valence-electron chi connectivity index (χ0n) is 17.9. The monoisotopic (exact) mass is 406 g/mol. The summed E-state index contributed by atoms with van der Waals surface area (Å²) in [6.45, 7) is 0. The van der Waals surface area contributed by atoms with Gasteiger partial charge in [-0.1, -0.05) is 68.5 Å². The molecular formula is C26H34N2O2. The predicted molar refractivity (Wildman–Crippen MR) is 124 cm³/mol. The number of carbonyl (C=O) groups is 2. The first-order valence-corrected chi connectivity index (χ1v) is 11.4. The van der Waals surface area contributed by atoms with Crippen molar-refractivity contribution in [2.45, 2.75) is 76.5 Å². The number of unbranched alkanes of at least 4 members (excludes halogenated alkanes) is 3. The Bertz CT molecular complexity index is 840. The molecule has 1 saturated carbocycles. The summed E-state index contributed by atoms with van der Waals surface area (Å²) < 4.78 is 0. The van der Waals surface area contributed by atoms with Crippen LogP contribution in [0.5, 0.6) is 0 Å². The summed E-state index contributed by atoms with van der Waals surface area (Å²) in [5, 5.41) is 2.86. The summed E-state index contributed by atoms with van der Waals surface area (Å²) in [6.07, 6.45) is 11.0. The number of carbonyl (C=O) groups excluding carboxylic acids is 2. The molecular weight excluding hydrogens is 372 g/mol. The minimum atomic E-state index is -0.00890. The lowest BCUT2D eigenvalue weighted by Crippen LogP contribution is -2.12. The van der Waals surface area contributed by atoms with Gasteiger partial charge in [0.1, 0.15) is 0 Å². The fraction of sp³-hybridized carbons (Fsp3) is 0.462. The van der Waals surface area contributed by atoms with E-state index in [2.05, 4.69) is 17.4 Å². The van der Waals surface area contributed by atoms with Crippen LogP contribution in [0.25, 0.3) is 0 Å². The molecule has 30 heavy (non-hydrogen) atoms. The molecule has 0 spiro atoms. The largest absolute Gasteiger partial charge is 0.397 e. The van der Waals surface area contributed by atoms with Crippen LogP contribution in [0.3, 0.4) is 0 Å². The first-order chi connectivity index (χ1) is 14.6. The molecule has 0 aromatic heterocycles. The maximum absolute atomic E-state index is 12.8. The van der Waals surface area contributed by atoms with Gasteiger partial charge in [-0.2, -0.15) is 0 Å². The first kappa shape index (κ1) is 22.1. The molecule has 4 heteroatoms. The van der Waals surface area contributed by atoms with Gasteiger partial charge in [-0.15, -0.1) is 0 Å². The Balaban J connectivity index is 1.36. The molecule has 1 amide bonds. The van der Waals surface area contributed by atoms with Crippen LogP contribution in [0.2, 0.25) is 0 Å². The summed E-state index contributed by atoms with van der Waals surface area (Å²) in [7, 11) is 0. The SMILES string of the molecule is Nc1ccccc1NC(=O)CCCCCCC(=O)c1ccccc1C1CCCCC1. The van der Waals surface area contributed by atoms with E-state index in [1.165, 1.54) is 37.7 Å². The quantitative estimate of drug-likeness (QED) is 0.269. The van der Waals surface area contributed by atoms with E-state index in [4.69, 9.17) is 5.73 Å². The Morgan fingerprint density at radius 3 is 2.27 bits per heavy atom. The number of benzene rings is 2. The van der Waals surface area contributed by atoms with Gasteiger partial charge in [0, 0.05) is 18.4 Å². The zero-order chi connectivity index (χ0) is 21.2. The maximum Gasteiger partial charge on any atom is 0.224 e. The van der Waals surface area contributed by atoms with Gasteiger partial charge in [-0.05, 0) is 49.3 Å². The number of nitrogens with one attached hydrogen (secondary N) is 1. The average molecular weight is 407 g/mol. The molecule has 1 fully saturated rings. The third kappa shape index (κ3) is 6.45. The Morgan fingerprint density at radius 2 is 1.50 bits per heavy atom. The Morgan fingerprint density at radius 1 is 0.833 bits per heavy atom. The molecule has 0 radical (unpaired) electrons. The molecule has 0 saturated heterocycles. The second kappa shape index (κ2) is 11.5. The van der Waals surface area contributed by atoms with Crippen molar-refractivity contribution in [2.24, 2.45) is 0 Å². The third-order valence-corrected chi connectivity index (χ3v) is 6.10. The van der Waals surface area contributed by atoms with E-state index in [1.807, 2.05) is 30.3 Å². The number of nitrogens with two attached hydrogens (primary N) is 1. The second-order valence-electron chi connectivity index (χ2n) is 8.40. The van der Waals surface area contributed by atoms with Crippen molar-refractivity contribution in [3.8, 4) is 0 Å². The van der Waals surface area contributed by atoms with Crippen molar-refractivity contribution in [1.29, 1.82) is 0 Å². The molecule has 3 N–H and O–H groups in total. The van der Waals surface area contributed by atoms with Gasteiger partial charge in [-0.25, -0.2) is 0 Å². The van der Waals surface area contributed by atoms with Crippen LogP contribution in [0.1, 0.15) is 92.5 Å². The summed E-state index contributed by atoms with van der Waals surface area (Å²) in [6, 6.07) is 15.5. The Labute approximate surface area is 180 Å². The minimum absolute atomic E-state index is 0.00890. The molecule has 0 bridgehead atoms. The summed E-state index contributed by atoms with van der Waals surface area (Å²) in [5.41, 5.74) is 9.30. The van der Waals surface area contributed by atoms with E-state index in [0.29, 0.717) is 30.1 Å². The molecule has 2 aromatic rings. The van der Waals surface area contributed by atoms with Crippen LogP contribution in [-0.4, -0.2) is 11.7 Å². The molecule has 1 aliphatic rings. The molecule has 0 atom stereocenters. The summed E-state index contributed by atoms with van der Waals surface area (Å²) >= 11 is 0. The smallest absolute Gasteiger partial charge is 0.224 e. The molecule has 4 nitrogen and oxygen atoms in total. The van der Waals surface area contributed by atoms with E-state index < -0.39 is 0 Å². The molecule has 2 aromatic carbocycles. The van der Waals surface area contributed by atoms with Gasteiger partial charge < -0.3 is 11.1 Å². The highest BCUT2D eigenvalue weighted by molar-refractivity contribution is 5.97. The lowest BCUT2D eigenvalue weighted by atomic mass is 9.81. The molecule has 0 unspecified atom stereocenters. The molecule has 3 rings (SSSR count). The number of para-hydroxylation sites is 2. The highest BCUT2D eigenvalue weighted by Crippen LogP contribution is 2.34. The fourth-order valence-corrected chi connectivity index (χ4v) is 4.40. The van der Waals surface area contributed by atoms with E-state index >= 15 is 0 Å². The number of amides is 1. The van der Waals surface area contributed by atoms with Crippen molar-refractivity contribution >= 4 is 23.1 Å². The van der Waals surface area contributed by atoms with Crippen LogP contribution in [0, 0.1) is 0 Å². The van der Waals surface area contributed by atoms with E-state index in [1.54, 1.807) is 6.07 Å². The van der Waals surface area contributed by atoms with Crippen molar-refractivity contribution in [3.05, 3.63) is 59.7 Å². The lowest BCUT2D eigenvalue weighted by Gasteiger charge is -2.24. The van der Waals surface area contributed by atoms with Gasteiger partial charge in [0.25, 0.3) is 0 Å². The highest BCUT2D eigenvalue weighted by Gasteiger charge is 2.20. The fourth-order valence-electron chi connectivity index (χ4n) is 4.40. The Kier molecular flexibility index (Phi) is 8.49. The van der Waals surface area contributed by atoms with Crippen LogP contribution >= 0.6 is 0 Å². The number of nitrogen functional groups attached to an aromatic ring is 1. The highest BCUT2D eigenvalue weighted by atomic mass is 16.1. The molecule has 0 aliphatic heterocycles. The van der Waals surface area contributed by atoms with Crippen LogP contribution < -0.4 is 11.1 Å². The summed E-state index contributed by atoms with van der Waals surface area (Å²) in [5.74, 6) is 0.815. The van der Waals surface area contributed by atoms with Gasteiger partial charge in [0.05, 0.1) is 11.4 Å². The number of hydrogen-bond donors (Lipinski definition) is 2. The Hall–Kier alpha value is -2.62. The summed E-state index contributed by atoms with van der Waals surface area (Å²) in [4.78, 5) is 24.9. The first-order valence-electron chi connectivity index (χ1n) is 11.4. The van der Waals surface area contributed by atoms with Crippen LogP contribution in [0.15, 0.2) is 48.5 Å². The lowest BCUT2D eigenvalue weighted by molar-refractivity contribution is -0.116. The molecule has 0 heterocycles.